The highest BCUT2D eigenvalue weighted by molar-refractivity contribution is 6.05. The summed E-state index contributed by atoms with van der Waals surface area (Å²) in [6, 6.07) is 22.6. The zero-order valence-corrected chi connectivity index (χ0v) is 23.5. The summed E-state index contributed by atoms with van der Waals surface area (Å²) in [5.74, 6) is 8.56. The molecule has 0 bridgehead atoms. The van der Waals surface area contributed by atoms with E-state index in [-0.39, 0.29) is 16.5 Å². The van der Waals surface area contributed by atoms with Crippen LogP contribution in [-0.4, -0.2) is 16.9 Å². The molecule has 1 heterocycles. The van der Waals surface area contributed by atoms with Crippen molar-refractivity contribution in [3.63, 3.8) is 0 Å². The number of halogens is 3. The number of hydrogen-bond donors (Lipinski definition) is 2. The van der Waals surface area contributed by atoms with Gasteiger partial charge in [-0.25, -0.2) is 0 Å². The van der Waals surface area contributed by atoms with Gasteiger partial charge in [-0.05, 0) is 70.4 Å². The fourth-order valence-corrected chi connectivity index (χ4v) is 3.65. The van der Waals surface area contributed by atoms with Crippen molar-refractivity contribution in [3.05, 3.63) is 101 Å². The molecule has 0 saturated heterocycles. The van der Waals surface area contributed by atoms with Gasteiger partial charge in [0.25, 0.3) is 0 Å². The SMILES string of the molecule is CC(C)(C)c1ccc(N(C#CC#Cc2ccnc(C(=N)C=C(N)C(F)(F)F)c2)c2ccc(C(C)(C)C)cc2)cc1. The van der Waals surface area contributed by atoms with Gasteiger partial charge in [-0.2, -0.15) is 13.2 Å². The maximum absolute atomic E-state index is 12.7. The van der Waals surface area contributed by atoms with Gasteiger partial charge in [-0.1, -0.05) is 71.7 Å². The zero-order valence-electron chi connectivity index (χ0n) is 23.5. The third kappa shape index (κ3) is 8.01. The molecule has 0 saturated carbocycles. The van der Waals surface area contributed by atoms with Gasteiger partial charge in [-0.3, -0.25) is 15.3 Å². The van der Waals surface area contributed by atoms with Crippen molar-refractivity contribution in [3.8, 4) is 23.8 Å². The molecule has 2 aromatic carbocycles. The predicted octanol–water partition coefficient (Wildman–Crippen LogP) is 7.60. The number of benzene rings is 2. The number of anilines is 2. The highest BCUT2D eigenvalue weighted by atomic mass is 19.4. The molecule has 7 heteroatoms. The number of nitrogens with zero attached hydrogens (tertiary/aromatic N) is 2. The summed E-state index contributed by atoms with van der Waals surface area (Å²) in [6.45, 7) is 13.0. The third-order valence-corrected chi connectivity index (χ3v) is 6.08. The second-order valence-electron chi connectivity index (χ2n) is 11.4. The van der Waals surface area contributed by atoms with Crippen LogP contribution >= 0.6 is 0 Å². The number of alkyl halides is 3. The molecule has 3 aromatic rings. The van der Waals surface area contributed by atoms with Crippen molar-refractivity contribution in [1.29, 1.82) is 5.41 Å². The van der Waals surface area contributed by atoms with Gasteiger partial charge < -0.3 is 5.73 Å². The van der Waals surface area contributed by atoms with Crippen LogP contribution in [0.2, 0.25) is 0 Å². The number of hydrogen-bond acceptors (Lipinski definition) is 4. The molecule has 0 amide bonds. The van der Waals surface area contributed by atoms with Crippen LogP contribution in [0.25, 0.3) is 0 Å². The van der Waals surface area contributed by atoms with Gasteiger partial charge in [0.15, 0.2) is 0 Å². The lowest BCUT2D eigenvalue weighted by Gasteiger charge is -2.23. The van der Waals surface area contributed by atoms with Gasteiger partial charge in [0.1, 0.15) is 5.70 Å². The van der Waals surface area contributed by atoms with Gasteiger partial charge in [0.05, 0.1) is 22.8 Å². The Bertz CT molecular complexity index is 1450. The lowest BCUT2D eigenvalue weighted by Crippen LogP contribution is -2.20. The Morgan fingerprint density at radius 2 is 1.32 bits per heavy atom. The van der Waals surface area contributed by atoms with E-state index >= 15 is 0 Å². The van der Waals surface area contributed by atoms with E-state index in [1.807, 2.05) is 29.2 Å². The van der Waals surface area contributed by atoms with Crippen molar-refractivity contribution >= 4 is 17.1 Å². The molecule has 0 aliphatic rings. The van der Waals surface area contributed by atoms with E-state index in [4.69, 9.17) is 11.1 Å². The number of nitrogens with one attached hydrogen (secondary N) is 1. The third-order valence-electron chi connectivity index (χ3n) is 6.08. The largest absolute Gasteiger partial charge is 0.430 e. The van der Waals surface area contributed by atoms with Crippen LogP contribution in [0.15, 0.2) is 78.6 Å². The van der Waals surface area contributed by atoms with Crippen LogP contribution in [0.5, 0.6) is 0 Å². The summed E-state index contributed by atoms with van der Waals surface area (Å²) in [5.41, 5.74) is 7.89. The number of allylic oxidation sites excluding steroid dienone is 2. The van der Waals surface area contributed by atoms with Crippen molar-refractivity contribution in [1.82, 2.24) is 4.98 Å². The molecule has 0 atom stereocenters. The summed E-state index contributed by atoms with van der Waals surface area (Å²) < 4.78 is 38.1. The van der Waals surface area contributed by atoms with Gasteiger partial charge in [-0.15, -0.1) is 0 Å². The van der Waals surface area contributed by atoms with Crippen LogP contribution in [0.3, 0.4) is 0 Å². The summed E-state index contributed by atoms with van der Waals surface area (Å²) in [7, 11) is 0. The van der Waals surface area contributed by atoms with Crippen molar-refractivity contribution in [2.45, 2.75) is 58.5 Å². The molecule has 40 heavy (non-hydrogen) atoms. The molecule has 3 rings (SSSR count). The highest BCUT2D eigenvalue weighted by Crippen LogP contribution is 2.30. The average molecular weight is 543 g/mol. The second kappa shape index (κ2) is 11.7. The van der Waals surface area contributed by atoms with Gasteiger partial charge in [0, 0.05) is 23.7 Å². The minimum absolute atomic E-state index is 0.0167. The Labute approximate surface area is 234 Å². The summed E-state index contributed by atoms with van der Waals surface area (Å²) in [6.07, 6.45) is -2.81. The normalized spacial score (nSPS) is 12.1. The molecule has 0 aliphatic carbocycles. The van der Waals surface area contributed by atoms with E-state index in [1.165, 1.54) is 23.4 Å². The van der Waals surface area contributed by atoms with E-state index in [0.29, 0.717) is 11.6 Å². The molecule has 3 N–H and O–H groups in total. The van der Waals surface area contributed by atoms with E-state index in [2.05, 4.69) is 94.6 Å². The van der Waals surface area contributed by atoms with Gasteiger partial charge in [0.2, 0.25) is 0 Å². The molecule has 0 aliphatic heterocycles. The van der Waals surface area contributed by atoms with Crippen LogP contribution in [-0.2, 0) is 10.8 Å². The number of pyridine rings is 1. The fraction of sp³-hybridized carbons (Fsp3) is 0.273. The van der Waals surface area contributed by atoms with Gasteiger partial charge >= 0.3 is 6.18 Å². The molecular weight excluding hydrogens is 509 g/mol. The monoisotopic (exact) mass is 542 g/mol. The molecule has 206 valence electrons. The number of aromatic nitrogens is 1. The lowest BCUT2D eigenvalue weighted by molar-refractivity contribution is -0.0925. The minimum Gasteiger partial charge on any atom is -0.395 e. The summed E-state index contributed by atoms with van der Waals surface area (Å²) >= 11 is 0. The standard InChI is InChI=1S/C33H33F3N4/c1-31(2,3)24-10-14-26(15-11-24)40(27-16-12-25(13-17-27)32(4,5)6)20-8-7-9-23-18-19-39-29(21-23)28(37)22-30(38)33(34,35)36/h10-19,21-22,37H,38H2,1-6H3. The number of rotatable bonds is 4. The predicted molar refractivity (Wildman–Crippen MR) is 156 cm³/mol. The quantitative estimate of drug-likeness (QED) is 0.203. The minimum atomic E-state index is -4.72. The fourth-order valence-electron chi connectivity index (χ4n) is 3.65. The first-order valence-corrected chi connectivity index (χ1v) is 12.7. The Morgan fingerprint density at radius 3 is 1.77 bits per heavy atom. The van der Waals surface area contributed by atoms with Crippen LogP contribution in [0.1, 0.15) is 63.9 Å². The second-order valence-corrected chi connectivity index (χ2v) is 11.4. The van der Waals surface area contributed by atoms with E-state index in [1.54, 1.807) is 6.07 Å². The Hall–Kier alpha value is -4.49. The molecule has 0 spiro atoms. The average Bonchev–Trinajstić information content (AvgIpc) is 2.87. The lowest BCUT2D eigenvalue weighted by atomic mass is 9.87. The molecule has 0 radical (unpaired) electrons. The highest BCUT2D eigenvalue weighted by Gasteiger charge is 2.31. The zero-order chi connectivity index (χ0) is 29.7. The van der Waals surface area contributed by atoms with E-state index in [0.717, 1.165) is 11.4 Å². The molecular formula is C33H33F3N4. The topological polar surface area (TPSA) is 66.0 Å². The Morgan fingerprint density at radius 1 is 0.825 bits per heavy atom. The number of nitrogens with two attached hydrogens (primary N) is 1. The van der Waals surface area contributed by atoms with E-state index in [9.17, 15) is 13.2 Å². The molecule has 0 fully saturated rings. The first-order chi connectivity index (χ1) is 18.6. The van der Waals surface area contributed by atoms with Crippen LogP contribution in [0.4, 0.5) is 24.5 Å². The van der Waals surface area contributed by atoms with Crippen LogP contribution < -0.4 is 10.6 Å². The maximum atomic E-state index is 12.7. The summed E-state index contributed by atoms with van der Waals surface area (Å²) in [5, 5.41) is 7.90. The maximum Gasteiger partial charge on any atom is 0.430 e. The smallest absolute Gasteiger partial charge is 0.395 e. The first kappa shape index (κ1) is 30.1. The Balaban J connectivity index is 1.93. The summed E-state index contributed by atoms with van der Waals surface area (Å²) in [4.78, 5) is 5.82. The Kier molecular flexibility index (Phi) is 8.80. The van der Waals surface area contributed by atoms with Crippen molar-refractivity contribution < 1.29 is 13.2 Å². The molecule has 4 nitrogen and oxygen atoms in total. The van der Waals surface area contributed by atoms with Crippen molar-refractivity contribution in [2.75, 3.05) is 4.90 Å². The van der Waals surface area contributed by atoms with E-state index < -0.39 is 17.6 Å². The van der Waals surface area contributed by atoms with Crippen LogP contribution in [0, 0.1) is 29.2 Å². The first-order valence-electron chi connectivity index (χ1n) is 12.7. The molecule has 0 unspecified atom stereocenters. The van der Waals surface area contributed by atoms with Crippen molar-refractivity contribution in [2.24, 2.45) is 5.73 Å². The molecule has 1 aromatic heterocycles.